The Morgan fingerprint density at radius 2 is 1.76 bits per heavy atom. The minimum absolute atomic E-state index is 0.0239. The third-order valence-corrected chi connectivity index (χ3v) is 5.52. The van der Waals surface area contributed by atoms with Crippen LogP contribution in [0.4, 0.5) is 18.9 Å². The molecule has 9 nitrogen and oxygen atoms in total. The van der Waals surface area contributed by atoms with Gasteiger partial charge in [-0.15, -0.1) is 0 Å². The fourth-order valence-electron chi connectivity index (χ4n) is 3.46. The van der Waals surface area contributed by atoms with Crippen molar-refractivity contribution >= 4 is 33.6 Å². The highest BCUT2D eigenvalue weighted by atomic mass is 79.9. The molecular weight excluding hydrogens is 529 g/mol. The van der Waals surface area contributed by atoms with Crippen molar-refractivity contribution in [2.24, 2.45) is 0 Å². The maximum absolute atomic E-state index is 13.9. The molecule has 2 rings (SSSR count). The number of unbranched alkanes of at least 4 members (excludes halogenated alkanes) is 1. The molecule has 0 saturated heterocycles. The first-order chi connectivity index (χ1) is 16.0. The third kappa shape index (κ3) is 5.88. The van der Waals surface area contributed by atoms with Gasteiger partial charge in [0.05, 0.1) is 42.8 Å². The van der Waals surface area contributed by atoms with Gasteiger partial charge in [-0.2, -0.15) is 13.2 Å². The lowest BCUT2D eigenvalue weighted by Crippen LogP contribution is -2.38. The van der Waals surface area contributed by atoms with Crippen molar-refractivity contribution in [1.82, 2.24) is 5.32 Å². The summed E-state index contributed by atoms with van der Waals surface area (Å²) in [5, 5.41) is 14.2. The predicted octanol–water partition coefficient (Wildman–Crippen LogP) is 4.27. The van der Waals surface area contributed by atoms with Crippen LogP contribution in [0.25, 0.3) is 0 Å². The van der Waals surface area contributed by atoms with Crippen molar-refractivity contribution < 1.29 is 41.9 Å². The van der Waals surface area contributed by atoms with E-state index in [1.54, 1.807) is 0 Å². The van der Waals surface area contributed by atoms with Gasteiger partial charge < -0.3 is 19.5 Å². The molecule has 1 aromatic carbocycles. The van der Waals surface area contributed by atoms with E-state index in [0.717, 1.165) is 32.8 Å². The lowest BCUT2D eigenvalue weighted by atomic mass is 9.79. The Bertz CT molecular complexity index is 1040. The van der Waals surface area contributed by atoms with E-state index in [1.165, 1.54) is 13.0 Å². The second kappa shape index (κ2) is 11.4. The standard InChI is InChI=1S/C21H22BrF3N2O7/c1-11-15(19(28)32-2)16(17(20(29)33-3)18(26-11)21(23,24)25)13-10-12(27(30)31)6-7-14(13)34-9-5-4-8-22/h6-7,10,16,26H,4-5,8-9H2,1-3H3. The number of nitro groups is 1. The van der Waals surface area contributed by atoms with E-state index in [9.17, 15) is 32.9 Å². The van der Waals surface area contributed by atoms with Gasteiger partial charge in [-0.3, -0.25) is 10.1 Å². The van der Waals surface area contributed by atoms with Gasteiger partial charge >= 0.3 is 18.1 Å². The van der Waals surface area contributed by atoms with Gasteiger partial charge in [-0.05, 0) is 25.8 Å². The quantitative estimate of drug-likeness (QED) is 0.159. The molecule has 1 N–H and O–H groups in total. The lowest BCUT2D eigenvalue weighted by Gasteiger charge is -2.32. The largest absolute Gasteiger partial charge is 0.493 e. The number of carbonyl (C=O) groups excluding carboxylic acids is 2. The van der Waals surface area contributed by atoms with Crippen LogP contribution >= 0.6 is 15.9 Å². The molecular formula is C21H22BrF3N2O7. The normalized spacial score (nSPS) is 16.1. The highest BCUT2D eigenvalue weighted by Gasteiger charge is 2.48. The summed E-state index contributed by atoms with van der Waals surface area (Å²) in [6.07, 6.45) is -3.74. The first-order valence-electron chi connectivity index (χ1n) is 9.90. The van der Waals surface area contributed by atoms with E-state index < -0.39 is 45.9 Å². The number of hydrogen-bond acceptors (Lipinski definition) is 8. The number of hydrogen-bond donors (Lipinski definition) is 1. The number of esters is 2. The zero-order valence-corrected chi connectivity index (χ0v) is 20.0. The van der Waals surface area contributed by atoms with Gasteiger partial charge in [0.1, 0.15) is 11.4 Å². The van der Waals surface area contributed by atoms with Gasteiger partial charge in [0, 0.05) is 28.7 Å². The smallest absolute Gasteiger partial charge is 0.431 e. The number of allylic oxidation sites excluding steroid dienone is 2. The molecule has 1 heterocycles. The van der Waals surface area contributed by atoms with Crippen molar-refractivity contribution in [2.75, 3.05) is 26.2 Å². The number of nitrogens with zero attached hydrogens (tertiary/aromatic N) is 1. The SMILES string of the molecule is COC(=O)C1=C(C)NC(C(F)(F)F)=C(C(=O)OC)C1c1cc([N+](=O)[O-])ccc1OCCCCBr. The van der Waals surface area contributed by atoms with Crippen molar-refractivity contribution in [3.8, 4) is 5.75 Å². The molecule has 0 aliphatic carbocycles. The second-order valence-electron chi connectivity index (χ2n) is 7.09. The molecule has 0 saturated carbocycles. The first kappa shape index (κ1) is 27.2. The summed E-state index contributed by atoms with van der Waals surface area (Å²) < 4.78 is 56.9. The number of carbonyl (C=O) groups is 2. The number of halogens is 4. The topological polar surface area (TPSA) is 117 Å². The summed E-state index contributed by atoms with van der Waals surface area (Å²) >= 11 is 3.27. The summed E-state index contributed by atoms with van der Waals surface area (Å²) in [7, 11) is 1.90. The Balaban J connectivity index is 2.87. The number of nitrogens with one attached hydrogen (secondary N) is 1. The third-order valence-electron chi connectivity index (χ3n) is 4.96. The number of ether oxygens (including phenoxy) is 3. The van der Waals surface area contributed by atoms with E-state index in [-0.39, 0.29) is 29.2 Å². The Morgan fingerprint density at radius 1 is 1.15 bits per heavy atom. The number of methoxy groups -OCH3 is 2. The van der Waals surface area contributed by atoms with Crippen LogP contribution in [0.1, 0.15) is 31.2 Å². The lowest BCUT2D eigenvalue weighted by molar-refractivity contribution is -0.384. The number of non-ortho nitro benzene ring substituents is 1. The van der Waals surface area contributed by atoms with Crippen LogP contribution in [0.3, 0.4) is 0 Å². The molecule has 0 bridgehead atoms. The molecule has 0 fully saturated rings. The number of benzene rings is 1. The molecule has 0 radical (unpaired) electrons. The predicted molar refractivity (Wildman–Crippen MR) is 117 cm³/mol. The first-order valence-corrected chi connectivity index (χ1v) is 11.0. The fourth-order valence-corrected chi connectivity index (χ4v) is 3.85. The maximum Gasteiger partial charge on any atom is 0.431 e. The average molecular weight is 551 g/mol. The maximum atomic E-state index is 13.9. The van der Waals surface area contributed by atoms with Crippen LogP contribution in [0.2, 0.25) is 0 Å². The minimum atomic E-state index is -5.04. The van der Waals surface area contributed by atoms with Crippen molar-refractivity contribution in [3.63, 3.8) is 0 Å². The highest BCUT2D eigenvalue weighted by molar-refractivity contribution is 9.09. The molecule has 13 heteroatoms. The van der Waals surface area contributed by atoms with Crippen molar-refractivity contribution in [3.05, 3.63) is 56.4 Å². The van der Waals surface area contributed by atoms with Gasteiger partial charge in [-0.1, -0.05) is 15.9 Å². The minimum Gasteiger partial charge on any atom is -0.493 e. The van der Waals surface area contributed by atoms with Crippen LogP contribution in [0, 0.1) is 10.1 Å². The van der Waals surface area contributed by atoms with Gasteiger partial charge in [0.15, 0.2) is 0 Å². The molecule has 1 aliphatic rings. The van der Waals surface area contributed by atoms with Gasteiger partial charge in [0.2, 0.25) is 0 Å². The van der Waals surface area contributed by atoms with Crippen LogP contribution < -0.4 is 10.1 Å². The molecule has 1 atom stereocenters. The van der Waals surface area contributed by atoms with Crippen molar-refractivity contribution in [2.45, 2.75) is 31.9 Å². The van der Waals surface area contributed by atoms with Gasteiger partial charge in [0.25, 0.3) is 5.69 Å². The van der Waals surface area contributed by atoms with E-state index >= 15 is 0 Å². The fraction of sp³-hybridized carbons (Fsp3) is 0.429. The van der Waals surface area contributed by atoms with Crippen LogP contribution in [0.15, 0.2) is 40.7 Å². The van der Waals surface area contributed by atoms with Crippen molar-refractivity contribution in [1.29, 1.82) is 0 Å². The molecule has 34 heavy (non-hydrogen) atoms. The number of dihydropyridines is 1. The molecule has 1 aliphatic heterocycles. The zero-order valence-electron chi connectivity index (χ0n) is 18.5. The molecule has 186 valence electrons. The van der Waals surface area contributed by atoms with E-state index in [0.29, 0.717) is 11.8 Å². The number of alkyl halides is 4. The molecule has 0 amide bonds. The van der Waals surface area contributed by atoms with E-state index in [2.05, 4.69) is 26.0 Å². The van der Waals surface area contributed by atoms with E-state index in [4.69, 9.17) is 9.47 Å². The zero-order chi connectivity index (χ0) is 25.6. The summed E-state index contributed by atoms with van der Waals surface area (Å²) in [5.74, 6) is -4.15. The average Bonchev–Trinajstić information content (AvgIpc) is 2.79. The monoisotopic (exact) mass is 550 g/mol. The Labute approximate surface area is 201 Å². The Morgan fingerprint density at radius 3 is 2.29 bits per heavy atom. The number of nitro benzene ring substituents is 1. The Hall–Kier alpha value is -3.09. The van der Waals surface area contributed by atoms with E-state index in [1.807, 2.05) is 0 Å². The number of rotatable bonds is 9. The highest BCUT2D eigenvalue weighted by Crippen LogP contribution is 2.46. The molecule has 1 aromatic rings. The molecule has 0 aromatic heterocycles. The van der Waals surface area contributed by atoms with Crippen LogP contribution in [0.5, 0.6) is 5.75 Å². The van der Waals surface area contributed by atoms with Crippen LogP contribution in [-0.2, 0) is 19.1 Å². The second-order valence-corrected chi connectivity index (χ2v) is 7.88. The molecule has 0 spiro atoms. The summed E-state index contributed by atoms with van der Waals surface area (Å²) in [4.78, 5) is 36.0. The molecule has 1 unspecified atom stereocenters. The van der Waals surface area contributed by atoms with Crippen LogP contribution in [-0.4, -0.2) is 49.2 Å². The van der Waals surface area contributed by atoms with Gasteiger partial charge in [-0.25, -0.2) is 9.59 Å². The summed E-state index contributed by atoms with van der Waals surface area (Å²) in [6.45, 7) is 1.34. The summed E-state index contributed by atoms with van der Waals surface area (Å²) in [5.41, 5.74) is -3.65. The Kier molecular flexibility index (Phi) is 9.07. The summed E-state index contributed by atoms with van der Waals surface area (Å²) in [6, 6.07) is 3.31.